The highest BCUT2D eigenvalue weighted by atomic mass is 15.3. The summed E-state index contributed by atoms with van der Waals surface area (Å²) in [6, 6.07) is 0.870. The van der Waals surface area contributed by atoms with Crippen LogP contribution in [0.15, 0.2) is 12.4 Å². The highest BCUT2D eigenvalue weighted by Gasteiger charge is 2.28. The van der Waals surface area contributed by atoms with Crippen LogP contribution in [0, 0.1) is 5.92 Å². The summed E-state index contributed by atoms with van der Waals surface area (Å²) < 4.78 is 1.85. The molecule has 18 heavy (non-hydrogen) atoms. The second kappa shape index (κ2) is 6.34. The van der Waals surface area contributed by atoms with E-state index < -0.39 is 0 Å². The van der Waals surface area contributed by atoms with Gasteiger partial charge in [-0.25, -0.2) is 0 Å². The van der Waals surface area contributed by atoms with Gasteiger partial charge in [-0.1, -0.05) is 20.8 Å². The van der Waals surface area contributed by atoms with Crippen molar-refractivity contribution < 1.29 is 0 Å². The van der Waals surface area contributed by atoms with Crippen molar-refractivity contribution in [3.05, 3.63) is 18.0 Å². The van der Waals surface area contributed by atoms with Gasteiger partial charge >= 0.3 is 0 Å². The van der Waals surface area contributed by atoms with Crippen LogP contribution in [0.4, 0.5) is 0 Å². The maximum atomic E-state index is 6.32. The van der Waals surface area contributed by atoms with Crippen molar-refractivity contribution in [3.63, 3.8) is 0 Å². The maximum Gasteiger partial charge on any atom is 0.0538 e. The molecule has 4 heteroatoms. The average Bonchev–Trinajstić information content (AvgIpc) is 2.74. The molecule has 0 radical (unpaired) electrons. The van der Waals surface area contributed by atoms with E-state index >= 15 is 0 Å². The second-order valence-corrected chi connectivity index (χ2v) is 5.61. The zero-order valence-electron chi connectivity index (χ0n) is 12.6. The Bertz CT molecular complexity index is 358. The van der Waals surface area contributed by atoms with Crippen LogP contribution in [0.5, 0.6) is 0 Å². The predicted octanol–water partition coefficient (Wildman–Crippen LogP) is 2.17. The van der Waals surface area contributed by atoms with Gasteiger partial charge in [0, 0.05) is 30.9 Å². The van der Waals surface area contributed by atoms with Crippen molar-refractivity contribution in [3.8, 4) is 0 Å². The van der Waals surface area contributed by atoms with Gasteiger partial charge in [-0.15, -0.1) is 0 Å². The lowest BCUT2D eigenvalue weighted by atomic mass is 9.95. The number of rotatable bonds is 6. The molecule has 0 amide bonds. The van der Waals surface area contributed by atoms with E-state index in [1.165, 1.54) is 5.56 Å². The van der Waals surface area contributed by atoms with Crippen molar-refractivity contribution >= 4 is 0 Å². The Labute approximate surface area is 111 Å². The van der Waals surface area contributed by atoms with Gasteiger partial charge in [0.2, 0.25) is 0 Å². The Morgan fingerprint density at radius 1 is 1.39 bits per heavy atom. The topological polar surface area (TPSA) is 47.1 Å². The molecular weight excluding hydrogens is 224 g/mol. The molecule has 0 aromatic carbocycles. The van der Waals surface area contributed by atoms with E-state index in [0.717, 1.165) is 6.42 Å². The van der Waals surface area contributed by atoms with Crippen LogP contribution >= 0.6 is 0 Å². The lowest BCUT2D eigenvalue weighted by molar-refractivity contribution is 0.127. The summed E-state index contributed by atoms with van der Waals surface area (Å²) in [5.41, 5.74) is 7.53. The van der Waals surface area contributed by atoms with E-state index in [1.807, 2.05) is 17.9 Å². The predicted molar refractivity (Wildman–Crippen MR) is 76.3 cm³/mol. The van der Waals surface area contributed by atoms with Crippen molar-refractivity contribution in [1.29, 1.82) is 0 Å². The van der Waals surface area contributed by atoms with E-state index in [4.69, 9.17) is 5.73 Å². The third-order valence-electron chi connectivity index (χ3n) is 3.99. The second-order valence-electron chi connectivity index (χ2n) is 5.61. The monoisotopic (exact) mass is 252 g/mol. The molecule has 104 valence electrons. The van der Waals surface area contributed by atoms with Gasteiger partial charge < -0.3 is 5.73 Å². The Kier molecular flexibility index (Phi) is 5.35. The molecule has 4 nitrogen and oxygen atoms in total. The van der Waals surface area contributed by atoms with Crippen LogP contribution in [0.3, 0.4) is 0 Å². The molecule has 3 unspecified atom stereocenters. The number of aromatic nitrogens is 2. The third kappa shape index (κ3) is 3.33. The molecule has 1 heterocycles. The normalized spacial score (nSPS) is 17.2. The molecule has 2 N–H and O–H groups in total. The first-order chi connectivity index (χ1) is 8.38. The van der Waals surface area contributed by atoms with Gasteiger partial charge in [0.05, 0.1) is 12.2 Å². The van der Waals surface area contributed by atoms with E-state index in [-0.39, 0.29) is 12.1 Å². The van der Waals surface area contributed by atoms with Crippen LogP contribution in [0.2, 0.25) is 0 Å². The fraction of sp³-hybridized carbons (Fsp3) is 0.786. The number of nitrogens with two attached hydrogens (primary N) is 1. The van der Waals surface area contributed by atoms with Crippen LogP contribution in [-0.4, -0.2) is 33.8 Å². The number of aryl methyl sites for hydroxylation is 1. The molecule has 0 bridgehead atoms. The number of hydrogen-bond acceptors (Lipinski definition) is 3. The maximum absolute atomic E-state index is 6.32. The van der Waals surface area contributed by atoms with Gasteiger partial charge in [0.15, 0.2) is 0 Å². The number of nitrogens with zero attached hydrogens (tertiary/aromatic N) is 3. The molecule has 0 saturated heterocycles. The summed E-state index contributed by atoms with van der Waals surface area (Å²) >= 11 is 0. The summed E-state index contributed by atoms with van der Waals surface area (Å²) in [5.74, 6) is 0.609. The fourth-order valence-corrected chi connectivity index (χ4v) is 2.32. The Morgan fingerprint density at radius 3 is 2.39 bits per heavy atom. The summed E-state index contributed by atoms with van der Waals surface area (Å²) in [5, 5.41) is 4.28. The minimum Gasteiger partial charge on any atom is -0.326 e. The standard InChI is InChI=1S/C14H28N4/c1-7-13(15)14(12-8-16-17(5)9-12)18(6)11(4)10(2)3/h8-11,13-14H,7,15H2,1-6H3. The quantitative estimate of drug-likeness (QED) is 0.844. The van der Waals surface area contributed by atoms with Gasteiger partial charge in [-0.05, 0) is 26.3 Å². The smallest absolute Gasteiger partial charge is 0.0538 e. The number of likely N-dealkylation sites (N-methyl/N-ethyl adjacent to an activating group) is 1. The van der Waals surface area contributed by atoms with E-state index in [0.29, 0.717) is 12.0 Å². The molecule has 1 aromatic heterocycles. The molecule has 1 aromatic rings. The Balaban J connectivity index is 2.98. The average molecular weight is 252 g/mol. The van der Waals surface area contributed by atoms with Crippen LogP contribution < -0.4 is 5.73 Å². The summed E-state index contributed by atoms with van der Waals surface area (Å²) in [6.45, 7) is 8.90. The van der Waals surface area contributed by atoms with Crippen molar-refractivity contribution in [2.45, 2.75) is 52.2 Å². The molecule has 0 aliphatic heterocycles. The van der Waals surface area contributed by atoms with Crippen molar-refractivity contribution in [1.82, 2.24) is 14.7 Å². The molecule has 0 aliphatic carbocycles. The zero-order chi connectivity index (χ0) is 13.9. The van der Waals surface area contributed by atoms with Crippen molar-refractivity contribution in [2.24, 2.45) is 18.7 Å². The van der Waals surface area contributed by atoms with Gasteiger partial charge in [0.1, 0.15) is 0 Å². The van der Waals surface area contributed by atoms with Gasteiger partial charge in [-0.2, -0.15) is 5.10 Å². The van der Waals surface area contributed by atoms with Gasteiger partial charge in [-0.3, -0.25) is 9.58 Å². The summed E-state index contributed by atoms with van der Waals surface area (Å²) in [6.07, 6.45) is 4.97. The minimum atomic E-state index is 0.139. The summed E-state index contributed by atoms with van der Waals surface area (Å²) in [4.78, 5) is 2.38. The first-order valence-electron chi connectivity index (χ1n) is 6.84. The number of hydrogen-bond donors (Lipinski definition) is 1. The third-order valence-corrected chi connectivity index (χ3v) is 3.99. The molecule has 0 fully saturated rings. The molecule has 0 aliphatic rings. The van der Waals surface area contributed by atoms with E-state index in [9.17, 15) is 0 Å². The molecule has 0 saturated carbocycles. The van der Waals surface area contributed by atoms with Gasteiger partial charge in [0.25, 0.3) is 0 Å². The SMILES string of the molecule is CCC(N)C(c1cnn(C)c1)N(C)C(C)C(C)C. The highest BCUT2D eigenvalue weighted by Crippen LogP contribution is 2.27. The van der Waals surface area contributed by atoms with E-state index in [1.54, 1.807) is 0 Å². The lowest BCUT2D eigenvalue weighted by Crippen LogP contribution is -2.44. The molecular formula is C14H28N4. The molecule has 1 rings (SSSR count). The van der Waals surface area contributed by atoms with Crippen LogP contribution in [0.1, 0.15) is 45.7 Å². The van der Waals surface area contributed by atoms with Crippen molar-refractivity contribution in [2.75, 3.05) is 7.05 Å². The van der Waals surface area contributed by atoms with Crippen LogP contribution in [-0.2, 0) is 7.05 Å². The largest absolute Gasteiger partial charge is 0.326 e. The zero-order valence-corrected chi connectivity index (χ0v) is 12.6. The first-order valence-corrected chi connectivity index (χ1v) is 6.84. The summed E-state index contributed by atoms with van der Waals surface area (Å²) in [7, 11) is 4.11. The molecule has 0 spiro atoms. The lowest BCUT2D eigenvalue weighted by Gasteiger charge is -2.37. The fourth-order valence-electron chi connectivity index (χ4n) is 2.32. The van der Waals surface area contributed by atoms with Crippen LogP contribution in [0.25, 0.3) is 0 Å². The van der Waals surface area contributed by atoms with E-state index in [2.05, 4.69) is 50.9 Å². The minimum absolute atomic E-state index is 0.139. The Hall–Kier alpha value is -0.870. The highest BCUT2D eigenvalue weighted by molar-refractivity contribution is 5.13. The Morgan fingerprint density at radius 2 is 2.00 bits per heavy atom. The first kappa shape index (κ1) is 15.2. The molecule has 3 atom stereocenters.